The number of likely N-dealkylation sites (tertiary alicyclic amines) is 1. The van der Waals surface area contributed by atoms with E-state index in [2.05, 4.69) is 0 Å². The second-order valence-corrected chi connectivity index (χ2v) is 7.62. The second kappa shape index (κ2) is 7.00. The highest BCUT2D eigenvalue weighted by atomic mass is 32.2. The summed E-state index contributed by atoms with van der Waals surface area (Å²) in [5.41, 5.74) is 1.24. The lowest BCUT2D eigenvalue weighted by molar-refractivity contribution is -0.139. The van der Waals surface area contributed by atoms with Gasteiger partial charge in [-0.1, -0.05) is 24.3 Å². The number of hydrogen-bond donors (Lipinski definition) is 1. The van der Waals surface area contributed by atoms with Crippen LogP contribution in [-0.2, 0) is 4.79 Å². The Bertz CT molecular complexity index is 754. The molecular weight excluding hydrogens is 334 g/mol. The number of amides is 1. The van der Waals surface area contributed by atoms with Gasteiger partial charge >= 0.3 is 0 Å². The molecule has 0 aliphatic carbocycles. The van der Waals surface area contributed by atoms with Crippen molar-refractivity contribution in [1.82, 2.24) is 4.90 Å². The number of aromatic hydroxyl groups is 1. The minimum absolute atomic E-state index is 0.103. The van der Waals surface area contributed by atoms with E-state index in [-0.39, 0.29) is 12.0 Å². The molecule has 1 fully saturated rings. The van der Waals surface area contributed by atoms with Gasteiger partial charge in [0.1, 0.15) is 11.5 Å². The molecule has 4 rings (SSSR count). The van der Waals surface area contributed by atoms with Gasteiger partial charge in [-0.25, -0.2) is 0 Å². The van der Waals surface area contributed by atoms with Gasteiger partial charge in [0.25, 0.3) is 5.91 Å². The molecule has 2 aromatic rings. The zero-order chi connectivity index (χ0) is 17.2. The number of carbonyl (C=O) groups excluding carboxylic acids is 1. The first-order chi connectivity index (χ1) is 12.2. The van der Waals surface area contributed by atoms with Crippen LogP contribution in [0.5, 0.6) is 11.5 Å². The normalized spacial score (nSPS) is 20.6. The van der Waals surface area contributed by atoms with Crippen LogP contribution in [0.15, 0.2) is 53.4 Å². The van der Waals surface area contributed by atoms with Gasteiger partial charge in [0.2, 0.25) is 0 Å². The number of carbonyl (C=O) groups is 1. The number of ether oxygens (including phenoxy) is 1. The van der Waals surface area contributed by atoms with Crippen LogP contribution in [0.1, 0.15) is 24.3 Å². The number of thioether (sulfide) groups is 1. The number of phenolic OH excluding ortho intramolecular Hbond substituents is 1. The van der Waals surface area contributed by atoms with Crippen LogP contribution in [0.2, 0.25) is 0 Å². The number of piperidine rings is 1. The standard InChI is InChI=1S/C20H21NO3S/c22-16-7-5-14(6-8-16)15-9-11-21(12-10-15)20(23)18-13-25-19-4-2-1-3-17(19)24-18/h1-8,15,18,22H,9-13H2. The van der Waals surface area contributed by atoms with E-state index in [1.807, 2.05) is 41.3 Å². The van der Waals surface area contributed by atoms with E-state index < -0.39 is 0 Å². The number of phenols is 1. The van der Waals surface area contributed by atoms with Gasteiger partial charge in [0.15, 0.2) is 6.10 Å². The van der Waals surface area contributed by atoms with E-state index in [1.54, 1.807) is 23.9 Å². The molecule has 0 spiro atoms. The number of hydrogen-bond acceptors (Lipinski definition) is 4. The zero-order valence-electron chi connectivity index (χ0n) is 13.9. The van der Waals surface area contributed by atoms with E-state index in [4.69, 9.17) is 4.74 Å². The first-order valence-corrected chi connectivity index (χ1v) is 9.65. The van der Waals surface area contributed by atoms with Gasteiger partial charge in [-0.2, -0.15) is 0 Å². The average Bonchev–Trinajstić information content (AvgIpc) is 2.68. The molecule has 2 aliphatic rings. The zero-order valence-corrected chi connectivity index (χ0v) is 14.7. The van der Waals surface area contributed by atoms with Crippen LogP contribution in [0.25, 0.3) is 0 Å². The number of fused-ring (bicyclic) bond motifs is 1. The maximum absolute atomic E-state index is 12.8. The Balaban J connectivity index is 1.36. The highest BCUT2D eigenvalue weighted by molar-refractivity contribution is 7.99. The Morgan fingerprint density at radius 3 is 2.56 bits per heavy atom. The number of rotatable bonds is 2. The molecule has 0 radical (unpaired) electrons. The summed E-state index contributed by atoms with van der Waals surface area (Å²) in [6.45, 7) is 1.52. The molecule has 0 bridgehead atoms. The Morgan fingerprint density at radius 2 is 1.80 bits per heavy atom. The summed E-state index contributed by atoms with van der Waals surface area (Å²) in [5.74, 6) is 2.34. The van der Waals surface area contributed by atoms with Crippen LogP contribution in [0, 0.1) is 0 Å². The van der Waals surface area contributed by atoms with E-state index in [0.29, 0.717) is 17.4 Å². The van der Waals surface area contributed by atoms with Gasteiger partial charge in [-0.05, 0) is 48.6 Å². The Labute approximate surface area is 151 Å². The van der Waals surface area contributed by atoms with Gasteiger partial charge in [0.05, 0.1) is 0 Å². The van der Waals surface area contributed by atoms with E-state index in [9.17, 15) is 9.90 Å². The highest BCUT2D eigenvalue weighted by Gasteiger charge is 2.32. The summed E-state index contributed by atoms with van der Waals surface area (Å²) in [4.78, 5) is 15.9. The first-order valence-electron chi connectivity index (χ1n) is 8.67. The molecule has 2 heterocycles. The number of para-hydroxylation sites is 1. The Morgan fingerprint density at radius 1 is 1.08 bits per heavy atom. The predicted molar refractivity (Wildman–Crippen MR) is 98.2 cm³/mol. The van der Waals surface area contributed by atoms with Crippen molar-refractivity contribution in [2.75, 3.05) is 18.8 Å². The molecule has 0 saturated carbocycles. The predicted octanol–water partition coefficient (Wildman–Crippen LogP) is 3.65. The molecule has 25 heavy (non-hydrogen) atoms. The SMILES string of the molecule is O=C(C1CSc2ccccc2O1)N1CCC(c2ccc(O)cc2)CC1. The molecule has 1 amide bonds. The quantitative estimate of drug-likeness (QED) is 0.893. The van der Waals surface area contributed by atoms with Gasteiger partial charge in [-0.3, -0.25) is 4.79 Å². The third-order valence-corrected chi connectivity index (χ3v) is 6.07. The van der Waals surface area contributed by atoms with Crippen LogP contribution >= 0.6 is 11.8 Å². The van der Waals surface area contributed by atoms with E-state index in [0.717, 1.165) is 36.6 Å². The van der Waals surface area contributed by atoms with E-state index >= 15 is 0 Å². The molecule has 130 valence electrons. The smallest absolute Gasteiger partial charge is 0.264 e. The van der Waals surface area contributed by atoms with Crippen LogP contribution < -0.4 is 4.74 Å². The molecule has 2 aliphatic heterocycles. The molecule has 1 unspecified atom stereocenters. The third-order valence-electron chi connectivity index (χ3n) is 4.96. The summed E-state index contributed by atoms with van der Waals surface area (Å²) < 4.78 is 5.93. The first kappa shape index (κ1) is 16.3. The maximum atomic E-state index is 12.8. The lowest BCUT2D eigenvalue weighted by Gasteiger charge is -2.35. The summed E-state index contributed by atoms with van der Waals surface area (Å²) in [6, 6.07) is 15.3. The molecule has 4 nitrogen and oxygen atoms in total. The van der Waals surface area contributed by atoms with Gasteiger partial charge in [-0.15, -0.1) is 11.8 Å². The molecule has 2 aromatic carbocycles. The Hall–Kier alpha value is -2.14. The van der Waals surface area contributed by atoms with Crippen molar-refractivity contribution in [2.24, 2.45) is 0 Å². The van der Waals surface area contributed by atoms with Gasteiger partial charge < -0.3 is 14.7 Å². The van der Waals surface area contributed by atoms with Gasteiger partial charge in [0, 0.05) is 23.7 Å². The monoisotopic (exact) mass is 355 g/mol. The van der Waals surface area contributed by atoms with Crippen LogP contribution in [0.3, 0.4) is 0 Å². The van der Waals surface area contributed by atoms with Crippen LogP contribution in [-0.4, -0.2) is 40.9 Å². The van der Waals surface area contributed by atoms with Crippen molar-refractivity contribution in [3.63, 3.8) is 0 Å². The summed E-state index contributed by atoms with van der Waals surface area (Å²) >= 11 is 1.69. The topological polar surface area (TPSA) is 49.8 Å². The fourth-order valence-corrected chi connectivity index (χ4v) is 4.50. The van der Waals surface area contributed by atoms with Crippen LogP contribution in [0.4, 0.5) is 0 Å². The molecule has 1 saturated heterocycles. The van der Waals surface area contributed by atoms with Crippen molar-refractivity contribution in [3.8, 4) is 11.5 Å². The Kier molecular flexibility index (Phi) is 4.57. The fourth-order valence-electron chi connectivity index (χ4n) is 3.52. The van der Waals surface area contributed by atoms with Crippen molar-refractivity contribution in [2.45, 2.75) is 29.8 Å². The summed E-state index contributed by atoms with van der Waals surface area (Å²) in [5, 5.41) is 9.42. The fraction of sp³-hybridized carbons (Fsp3) is 0.350. The van der Waals surface area contributed by atoms with Crippen molar-refractivity contribution < 1.29 is 14.6 Å². The average molecular weight is 355 g/mol. The molecule has 5 heteroatoms. The second-order valence-electron chi connectivity index (χ2n) is 6.56. The lowest BCUT2D eigenvalue weighted by Crippen LogP contribution is -2.47. The largest absolute Gasteiger partial charge is 0.508 e. The molecule has 1 N–H and O–H groups in total. The number of nitrogens with zero attached hydrogens (tertiary/aromatic N) is 1. The number of benzene rings is 2. The minimum Gasteiger partial charge on any atom is -0.508 e. The maximum Gasteiger partial charge on any atom is 0.264 e. The third kappa shape index (κ3) is 3.47. The molecule has 1 atom stereocenters. The lowest BCUT2D eigenvalue weighted by atomic mass is 9.89. The molecular formula is C20H21NO3S. The summed E-state index contributed by atoms with van der Waals surface area (Å²) in [6.07, 6.45) is 1.52. The summed E-state index contributed by atoms with van der Waals surface area (Å²) in [7, 11) is 0. The minimum atomic E-state index is -0.384. The van der Waals surface area contributed by atoms with Crippen molar-refractivity contribution >= 4 is 17.7 Å². The molecule has 0 aromatic heterocycles. The van der Waals surface area contributed by atoms with E-state index in [1.165, 1.54) is 5.56 Å². The van der Waals surface area contributed by atoms with Crippen molar-refractivity contribution in [3.05, 3.63) is 54.1 Å². The van der Waals surface area contributed by atoms with Crippen molar-refractivity contribution in [1.29, 1.82) is 0 Å². The highest BCUT2D eigenvalue weighted by Crippen LogP contribution is 2.36.